The van der Waals surface area contributed by atoms with Crippen molar-refractivity contribution in [3.05, 3.63) is 30.6 Å². The number of sulfonamides is 1. The van der Waals surface area contributed by atoms with Gasteiger partial charge < -0.3 is 9.64 Å². The standard InChI is InChI=1S/C22H31N5O4S/c1-16(2)10-22(28)26-13-19(14-26)32(29,30)27-9-3-4-17(12-27)15-31-18-5-6-20(23-11-18)21-7-8-24-25-21/h5-8,11,16-17,19H,3-4,9-10,12-15H2,1-2H3,(H,24,25)/t17-/m0/s1. The van der Waals surface area contributed by atoms with Gasteiger partial charge in [0.1, 0.15) is 11.0 Å². The number of likely N-dealkylation sites (tertiary alicyclic amines) is 1. The molecule has 0 saturated carbocycles. The summed E-state index contributed by atoms with van der Waals surface area (Å²) in [5.74, 6) is 1.11. The number of carbonyl (C=O) groups excluding carboxylic acids is 1. The summed E-state index contributed by atoms with van der Waals surface area (Å²) >= 11 is 0. The van der Waals surface area contributed by atoms with Crippen molar-refractivity contribution >= 4 is 15.9 Å². The highest BCUT2D eigenvalue weighted by atomic mass is 32.2. The van der Waals surface area contributed by atoms with Gasteiger partial charge in [0.05, 0.1) is 24.2 Å². The maximum absolute atomic E-state index is 13.1. The topological polar surface area (TPSA) is 108 Å². The lowest BCUT2D eigenvalue weighted by atomic mass is 10.0. The molecule has 2 aromatic heterocycles. The van der Waals surface area contributed by atoms with Crippen molar-refractivity contribution in [3.63, 3.8) is 0 Å². The molecular weight excluding hydrogens is 430 g/mol. The van der Waals surface area contributed by atoms with Gasteiger partial charge >= 0.3 is 0 Å². The number of ether oxygens (including phenoxy) is 1. The summed E-state index contributed by atoms with van der Waals surface area (Å²) in [6, 6.07) is 5.57. The molecule has 2 aliphatic rings. The van der Waals surface area contributed by atoms with Crippen LogP contribution in [0.2, 0.25) is 0 Å². The molecule has 0 bridgehead atoms. The van der Waals surface area contributed by atoms with Crippen molar-refractivity contribution in [2.75, 3.05) is 32.8 Å². The average molecular weight is 462 g/mol. The summed E-state index contributed by atoms with van der Waals surface area (Å²) in [6.07, 6.45) is 5.55. The first-order valence-electron chi connectivity index (χ1n) is 11.2. The van der Waals surface area contributed by atoms with Gasteiger partial charge in [-0.3, -0.25) is 14.9 Å². The number of H-pyrrole nitrogens is 1. The van der Waals surface area contributed by atoms with Crippen molar-refractivity contribution in [1.82, 2.24) is 24.4 Å². The lowest BCUT2D eigenvalue weighted by molar-refractivity contribution is -0.135. The van der Waals surface area contributed by atoms with Crippen LogP contribution in [0.5, 0.6) is 5.75 Å². The van der Waals surface area contributed by atoms with Crippen molar-refractivity contribution < 1.29 is 17.9 Å². The molecule has 1 amide bonds. The lowest BCUT2D eigenvalue weighted by Gasteiger charge is -2.42. The molecule has 2 aliphatic heterocycles. The Morgan fingerprint density at radius 1 is 1.25 bits per heavy atom. The largest absolute Gasteiger partial charge is 0.492 e. The predicted molar refractivity (Wildman–Crippen MR) is 120 cm³/mol. The number of aromatic nitrogens is 3. The molecule has 0 aromatic carbocycles. The van der Waals surface area contributed by atoms with E-state index in [0.29, 0.717) is 45.0 Å². The Morgan fingerprint density at radius 2 is 2.06 bits per heavy atom. The van der Waals surface area contributed by atoms with Gasteiger partial charge in [-0.1, -0.05) is 13.8 Å². The van der Waals surface area contributed by atoms with Gasteiger partial charge in [0.15, 0.2) is 0 Å². The van der Waals surface area contributed by atoms with E-state index < -0.39 is 15.3 Å². The van der Waals surface area contributed by atoms with Crippen molar-refractivity contribution in [2.24, 2.45) is 11.8 Å². The Labute approximate surface area is 189 Å². The fourth-order valence-corrected chi connectivity index (χ4v) is 6.11. The van der Waals surface area contributed by atoms with Gasteiger partial charge in [-0.25, -0.2) is 12.7 Å². The van der Waals surface area contributed by atoms with Crippen LogP contribution in [0.3, 0.4) is 0 Å². The number of hydrogen-bond donors (Lipinski definition) is 1. The van der Waals surface area contributed by atoms with E-state index in [9.17, 15) is 13.2 Å². The zero-order valence-electron chi connectivity index (χ0n) is 18.6. The Bertz CT molecular complexity index is 1000. The Morgan fingerprint density at radius 3 is 2.72 bits per heavy atom. The number of nitrogens with zero attached hydrogens (tertiary/aromatic N) is 4. The van der Waals surface area contributed by atoms with E-state index in [1.165, 1.54) is 0 Å². The zero-order chi connectivity index (χ0) is 22.7. The summed E-state index contributed by atoms with van der Waals surface area (Å²) in [5.41, 5.74) is 1.62. The minimum Gasteiger partial charge on any atom is -0.492 e. The van der Waals surface area contributed by atoms with Crippen LogP contribution >= 0.6 is 0 Å². The van der Waals surface area contributed by atoms with Crippen LogP contribution in [-0.2, 0) is 14.8 Å². The number of aromatic amines is 1. The number of pyridine rings is 1. The monoisotopic (exact) mass is 461 g/mol. The Kier molecular flexibility index (Phi) is 6.80. The predicted octanol–water partition coefficient (Wildman–Crippen LogP) is 2.15. The van der Waals surface area contributed by atoms with E-state index in [4.69, 9.17) is 4.74 Å². The van der Waals surface area contributed by atoms with Gasteiger partial charge in [0.25, 0.3) is 0 Å². The Balaban J connectivity index is 1.27. The van der Waals surface area contributed by atoms with E-state index in [-0.39, 0.29) is 17.7 Å². The molecule has 32 heavy (non-hydrogen) atoms. The minimum absolute atomic E-state index is 0.0449. The second-order valence-electron chi connectivity index (χ2n) is 9.09. The summed E-state index contributed by atoms with van der Waals surface area (Å²) in [4.78, 5) is 18.2. The van der Waals surface area contributed by atoms with Gasteiger partial charge in [0.2, 0.25) is 15.9 Å². The number of nitrogens with one attached hydrogen (secondary N) is 1. The van der Waals surface area contributed by atoms with Crippen LogP contribution < -0.4 is 4.74 Å². The molecular formula is C22H31N5O4S. The molecule has 0 spiro atoms. The minimum atomic E-state index is -3.40. The van der Waals surface area contributed by atoms with E-state index >= 15 is 0 Å². The average Bonchev–Trinajstić information content (AvgIpc) is 3.26. The van der Waals surface area contributed by atoms with Gasteiger partial charge in [-0.15, -0.1) is 0 Å². The van der Waals surface area contributed by atoms with E-state index in [2.05, 4.69) is 15.2 Å². The molecule has 2 fully saturated rings. The highest BCUT2D eigenvalue weighted by Gasteiger charge is 2.43. The molecule has 0 aliphatic carbocycles. The summed E-state index contributed by atoms with van der Waals surface area (Å²) in [6.45, 7) is 6.03. The number of amides is 1. The summed E-state index contributed by atoms with van der Waals surface area (Å²) in [7, 11) is -3.40. The SMILES string of the molecule is CC(C)CC(=O)N1CC(S(=O)(=O)N2CCC[C@H](COc3ccc(-c4ccn[nH]4)nc3)C2)C1. The van der Waals surface area contributed by atoms with E-state index in [1.807, 2.05) is 32.0 Å². The number of piperidine rings is 1. The molecule has 1 N–H and O–H groups in total. The van der Waals surface area contributed by atoms with Gasteiger partial charge in [-0.05, 0) is 37.0 Å². The summed E-state index contributed by atoms with van der Waals surface area (Å²) in [5, 5.41) is 6.31. The maximum atomic E-state index is 13.1. The van der Waals surface area contributed by atoms with Crippen molar-refractivity contribution in [1.29, 1.82) is 0 Å². The molecule has 4 rings (SSSR count). The lowest BCUT2D eigenvalue weighted by Crippen LogP contribution is -2.61. The molecule has 10 heteroatoms. The van der Waals surface area contributed by atoms with Crippen LogP contribution in [0.25, 0.3) is 11.4 Å². The highest BCUT2D eigenvalue weighted by Crippen LogP contribution is 2.27. The fourth-order valence-electron chi connectivity index (χ4n) is 4.15. The highest BCUT2D eigenvalue weighted by molar-refractivity contribution is 7.89. The maximum Gasteiger partial charge on any atom is 0.222 e. The van der Waals surface area contributed by atoms with Crippen LogP contribution in [0, 0.1) is 11.8 Å². The number of carbonyl (C=O) groups is 1. The third-order valence-electron chi connectivity index (χ3n) is 6.05. The van der Waals surface area contributed by atoms with Crippen molar-refractivity contribution in [3.8, 4) is 17.1 Å². The van der Waals surface area contributed by atoms with Crippen LogP contribution in [0.15, 0.2) is 30.6 Å². The second kappa shape index (κ2) is 9.58. The molecule has 2 aromatic rings. The zero-order valence-corrected chi connectivity index (χ0v) is 19.4. The van der Waals surface area contributed by atoms with E-state index in [0.717, 1.165) is 24.2 Å². The van der Waals surface area contributed by atoms with Crippen LogP contribution in [0.1, 0.15) is 33.1 Å². The fraction of sp³-hybridized carbons (Fsp3) is 0.591. The third kappa shape index (κ3) is 5.12. The first-order chi connectivity index (χ1) is 15.3. The first-order valence-corrected chi connectivity index (χ1v) is 12.7. The number of rotatable bonds is 8. The van der Waals surface area contributed by atoms with Crippen molar-refractivity contribution in [2.45, 2.75) is 38.4 Å². The third-order valence-corrected chi connectivity index (χ3v) is 8.24. The number of hydrogen-bond acceptors (Lipinski definition) is 6. The molecule has 1 atom stereocenters. The molecule has 0 unspecified atom stereocenters. The van der Waals surface area contributed by atoms with Gasteiger partial charge in [0, 0.05) is 44.7 Å². The molecule has 174 valence electrons. The van der Waals surface area contributed by atoms with E-state index in [1.54, 1.807) is 21.6 Å². The quantitative estimate of drug-likeness (QED) is 0.645. The van der Waals surface area contributed by atoms with Crippen LogP contribution in [0.4, 0.5) is 0 Å². The normalized spacial score (nSPS) is 20.3. The Hall–Kier alpha value is -2.46. The second-order valence-corrected chi connectivity index (χ2v) is 11.3. The van der Waals surface area contributed by atoms with Crippen LogP contribution in [-0.4, -0.2) is 76.7 Å². The smallest absolute Gasteiger partial charge is 0.222 e. The van der Waals surface area contributed by atoms with Gasteiger partial charge in [-0.2, -0.15) is 5.10 Å². The molecule has 0 radical (unpaired) electrons. The molecule has 2 saturated heterocycles. The summed E-state index contributed by atoms with van der Waals surface area (Å²) < 4.78 is 33.6. The first kappa shape index (κ1) is 22.7. The molecule has 4 heterocycles. The molecule has 9 nitrogen and oxygen atoms in total.